The van der Waals surface area contributed by atoms with Crippen molar-refractivity contribution in [3.8, 4) is 0 Å². The van der Waals surface area contributed by atoms with Gasteiger partial charge in [0.2, 0.25) is 11.8 Å². The van der Waals surface area contributed by atoms with Gasteiger partial charge in [-0.15, -0.1) is 11.3 Å². The maximum absolute atomic E-state index is 12.5. The summed E-state index contributed by atoms with van der Waals surface area (Å²) < 4.78 is 63.4. The minimum atomic E-state index is -4.66. The first-order valence-corrected chi connectivity index (χ1v) is 10.1. The van der Waals surface area contributed by atoms with Crippen molar-refractivity contribution in [3.05, 3.63) is 35.0 Å². The Bertz CT molecular complexity index is 970. The summed E-state index contributed by atoms with van der Waals surface area (Å²) in [6, 6.07) is 1.21. The molecule has 0 aromatic carbocycles. The van der Waals surface area contributed by atoms with Crippen molar-refractivity contribution in [2.45, 2.75) is 31.5 Å². The summed E-state index contributed by atoms with van der Waals surface area (Å²) in [6.45, 7) is 3.38. The highest BCUT2D eigenvalue weighted by molar-refractivity contribution is 7.90. The number of hydrogen-bond donors (Lipinski definition) is 2. The molecule has 0 spiro atoms. The van der Waals surface area contributed by atoms with Gasteiger partial charge in [-0.3, -0.25) is 9.59 Å². The van der Waals surface area contributed by atoms with Gasteiger partial charge in [0.1, 0.15) is 0 Å². The predicted molar refractivity (Wildman–Crippen MR) is 93.9 cm³/mol. The number of aromatic nitrogens is 2. The average Bonchev–Trinajstić information content (AvgIpc) is 3.00. The highest BCUT2D eigenvalue weighted by atomic mass is 32.2. The molecule has 0 atom stereocenters. The van der Waals surface area contributed by atoms with Gasteiger partial charge < -0.3 is 5.32 Å². The number of amides is 2. The van der Waals surface area contributed by atoms with Crippen LogP contribution in [0, 0.1) is 5.92 Å². The highest BCUT2D eigenvalue weighted by Crippen LogP contribution is 2.28. The lowest BCUT2D eigenvalue weighted by Gasteiger charge is -2.08. The molecule has 0 fully saturated rings. The second-order valence-electron chi connectivity index (χ2n) is 5.88. The molecule has 2 heterocycles. The summed E-state index contributed by atoms with van der Waals surface area (Å²) >= 11 is 1.06. The molecule has 2 aromatic rings. The molecule has 2 aromatic heterocycles. The van der Waals surface area contributed by atoms with E-state index in [1.54, 1.807) is 18.6 Å². The molecule has 0 saturated heterocycles. The lowest BCUT2D eigenvalue weighted by Crippen LogP contribution is -2.32. The first-order chi connectivity index (χ1) is 12.9. The van der Waals surface area contributed by atoms with E-state index in [-0.39, 0.29) is 22.7 Å². The summed E-state index contributed by atoms with van der Waals surface area (Å²) in [5, 5.41) is 3.55. The fourth-order valence-corrected chi connectivity index (χ4v) is 3.43. The maximum atomic E-state index is 12.5. The van der Waals surface area contributed by atoms with Crippen LogP contribution in [0.4, 0.5) is 18.3 Å². The average molecular weight is 436 g/mol. The zero-order valence-corrected chi connectivity index (χ0v) is 16.2. The monoisotopic (exact) mass is 436 g/mol. The van der Waals surface area contributed by atoms with E-state index < -0.39 is 39.1 Å². The summed E-state index contributed by atoms with van der Waals surface area (Å²) in [4.78, 5) is 30.8. The van der Waals surface area contributed by atoms with Crippen LogP contribution in [-0.4, -0.2) is 30.2 Å². The molecule has 8 nitrogen and oxygen atoms in total. The Kier molecular flexibility index (Phi) is 6.39. The van der Waals surface area contributed by atoms with Crippen LogP contribution < -0.4 is 10.0 Å². The number of alkyl halides is 3. The molecule has 13 heteroatoms. The number of nitrogens with zero attached hydrogens (tertiary/aromatic N) is 2. The standard InChI is InChI=1S/C15H15F3N4O4S2/c1-8(2)13(24)21-14-20-10(7-27-14)5-11(23)22-28(25,26)12-4-3-9(6-19-12)15(16,17)18/h3-4,6-8H,5H2,1-2H3,(H,22,23)(H,20,21,24). The molecule has 2 N–H and O–H groups in total. The van der Waals surface area contributed by atoms with Crippen molar-refractivity contribution < 1.29 is 31.2 Å². The summed E-state index contributed by atoms with van der Waals surface area (Å²) in [5.74, 6) is -1.48. The first-order valence-electron chi connectivity index (χ1n) is 7.72. The van der Waals surface area contributed by atoms with E-state index in [2.05, 4.69) is 15.3 Å². The number of thiazole rings is 1. The molecule has 28 heavy (non-hydrogen) atoms. The van der Waals surface area contributed by atoms with Crippen molar-refractivity contribution in [1.29, 1.82) is 0 Å². The number of anilines is 1. The van der Waals surface area contributed by atoms with Crippen LogP contribution in [-0.2, 0) is 32.2 Å². The van der Waals surface area contributed by atoms with Crippen molar-refractivity contribution in [2.24, 2.45) is 5.92 Å². The lowest BCUT2D eigenvalue weighted by molar-refractivity contribution is -0.138. The third-order valence-corrected chi connectivity index (χ3v) is 5.33. The Hall–Kier alpha value is -2.54. The number of rotatable bonds is 6. The maximum Gasteiger partial charge on any atom is 0.417 e. The third-order valence-electron chi connectivity index (χ3n) is 3.24. The largest absolute Gasteiger partial charge is 0.417 e. The van der Waals surface area contributed by atoms with Crippen molar-refractivity contribution >= 4 is 38.3 Å². The first kappa shape index (κ1) is 21.8. The van der Waals surface area contributed by atoms with Crippen molar-refractivity contribution in [2.75, 3.05) is 5.32 Å². The van der Waals surface area contributed by atoms with E-state index in [1.165, 1.54) is 5.38 Å². The van der Waals surface area contributed by atoms with Crippen molar-refractivity contribution in [3.63, 3.8) is 0 Å². The minimum Gasteiger partial charge on any atom is -0.302 e. The normalized spacial score (nSPS) is 12.1. The van der Waals surface area contributed by atoms with E-state index >= 15 is 0 Å². The number of sulfonamides is 1. The third kappa shape index (κ3) is 5.73. The van der Waals surface area contributed by atoms with E-state index in [0.717, 1.165) is 11.3 Å². The van der Waals surface area contributed by atoms with E-state index in [0.29, 0.717) is 18.3 Å². The highest BCUT2D eigenvalue weighted by Gasteiger charge is 2.31. The molecule has 0 aliphatic heterocycles. The molecule has 2 rings (SSSR count). The fourth-order valence-electron chi connectivity index (χ4n) is 1.80. The lowest BCUT2D eigenvalue weighted by atomic mass is 10.2. The minimum absolute atomic E-state index is 0.220. The van der Waals surface area contributed by atoms with Crippen LogP contribution >= 0.6 is 11.3 Å². The van der Waals surface area contributed by atoms with Crippen LogP contribution in [0.2, 0.25) is 0 Å². The Morgan fingerprint density at radius 2 is 1.93 bits per heavy atom. The van der Waals surface area contributed by atoms with Gasteiger partial charge >= 0.3 is 6.18 Å². The Balaban J connectivity index is 2.02. The number of nitrogens with one attached hydrogen (secondary N) is 2. The molecule has 0 saturated carbocycles. The second kappa shape index (κ2) is 8.22. The van der Waals surface area contributed by atoms with Gasteiger partial charge in [0.05, 0.1) is 17.7 Å². The van der Waals surface area contributed by atoms with Gasteiger partial charge in [-0.1, -0.05) is 13.8 Å². The summed E-state index contributed by atoms with van der Waals surface area (Å²) in [5.41, 5.74) is -0.895. The summed E-state index contributed by atoms with van der Waals surface area (Å²) in [6.07, 6.45) is -4.71. The van der Waals surface area contributed by atoms with Crippen LogP contribution in [0.15, 0.2) is 28.7 Å². The van der Waals surface area contributed by atoms with Gasteiger partial charge in [0, 0.05) is 17.5 Å². The molecule has 0 unspecified atom stereocenters. The van der Waals surface area contributed by atoms with Gasteiger partial charge in [-0.05, 0) is 12.1 Å². The van der Waals surface area contributed by atoms with E-state index in [1.807, 2.05) is 0 Å². The zero-order chi connectivity index (χ0) is 21.1. The molecule has 152 valence electrons. The molecule has 0 bridgehead atoms. The Labute approximate surface area is 162 Å². The van der Waals surface area contributed by atoms with Crippen molar-refractivity contribution in [1.82, 2.24) is 14.7 Å². The summed E-state index contributed by atoms with van der Waals surface area (Å²) in [7, 11) is -4.44. The quantitative estimate of drug-likeness (QED) is 0.717. The predicted octanol–water partition coefficient (Wildman–Crippen LogP) is 2.20. The molecule has 2 amide bonds. The number of carbonyl (C=O) groups is 2. The topological polar surface area (TPSA) is 118 Å². The van der Waals surface area contributed by atoms with Crippen LogP contribution in [0.1, 0.15) is 25.1 Å². The number of pyridine rings is 1. The van der Waals surface area contributed by atoms with Gasteiger partial charge in [0.25, 0.3) is 10.0 Å². The number of carbonyl (C=O) groups excluding carboxylic acids is 2. The van der Waals surface area contributed by atoms with Gasteiger partial charge in [-0.2, -0.15) is 21.6 Å². The smallest absolute Gasteiger partial charge is 0.302 e. The van der Waals surface area contributed by atoms with Crippen LogP contribution in [0.25, 0.3) is 0 Å². The van der Waals surface area contributed by atoms with Crippen LogP contribution in [0.3, 0.4) is 0 Å². The van der Waals surface area contributed by atoms with Crippen LogP contribution in [0.5, 0.6) is 0 Å². The molecular weight excluding hydrogens is 421 g/mol. The van der Waals surface area contributed by atoms with E-state index in [9.17, 15) is 31.2 Å². The molecule has 0 radical (unpaired) electrons. The number of halogens is 3. The second-order valence-corrected chi connectivity index (χ2v) is 8.36. The van der Waals surface area contributed by atoms with E-state index in [4.69, 9.17) is 0 Å². The van der Waals surface area contributed by atoms with Gasteiger partial charge in [0.15, 0.2) is 10.2 Å². The molecule has 0 aliphatic rings. The molecule has 0 aliphatic carbocycles. The molecular formula is C15H15F3N4O4S2. The fraction of sp³-hybridized carbons (Fsp3) is 0.333. The van der Waals surface area contributed by atoms with Gasteiger partial charge in [-0.25, -0.2) is 14.7 Å². The SMILES string of the molecule is CC(C)C(=O)Nc1nc(CC(=O)NS(=O)(=O)c2ccc(C(F)(F)F)cn2)cs1. The Morgan fingerprint density at radius 1 is 1.25 bits per heavy atom. The number of hydrogen-bond acceptors (Lipinski definition) is 7. The zero-order valence-electron chi connectivity index (χ0n) is 14.6. The Morgan fingerprint density at radius 3 is 2.46 bits per heavy atom.